The van der Waals surface area contributed by atoms with Gasteiger partial charge in [-0.15, -0.1) is 0 Å². The van der Waals surface area contributed by atoms with Crippen molar-refractivity contribution in [1.82, 2.24) is 10.3 Å². The predicted octanol–water partition coefficient (Wildman–Crippen LogP) is 2.28. The smallest absolute Gasteiger partial charge is 0.270 e. The van der Waals surface area contributed by atoms with Crippen molar-refractivity contribution in [2.75, 3.05) is 0 Å². The Morgan fingerprint density at radius 1 is 1.56 bits per heavy atom. The van der Waals surface area contributed by atoms with Crippen LogP contribution in [0.5, 0.6) is 0 Å². The summed E-state index contributed by atoms with van der Waals surface area (Å²) in [4.78, 5) is 15.4. The molecule has 1 amide bonds. The summed E-state index contributed by atoms with van der Waals surface area (Å²) < 4.78 is 12.8. The van der Waals surface area contributed by atoms with E-state index in [0.29, 0.717) is 0 Å². The zero-order valence-electron chi connectivity index (χ0n) is 9.29. The number of hydrogen-bond acceptors (Lipinski definition) is 2. The quantitative estimate of drug-likeness (QED) is 0.797. The molecule has 0 unspecified atom stereocenters. The van der Waals surface area contributed by atoms with Gasteiger partial charge < -0.3 is 5.32 Å². The Kier molecular flexibility index (Phi) is 2.90. The molecule has 1 heterocycles. The second-order valence-electron chi connectivity index (χ2n) is 4.29. The van der Waals surface area contributed by atoms with Gasteiger partial charge in [-0.3, -0.25) is 4.79 Å². The molecule has 16 heavy (non-hydrogen) atoms. The molecule has 1 aromatic rings. The molecule has 0 saturated heterocycles. The van der Waals surface area contributed by atoms with E-state index in [2.05, 4.69) is 17.2 Å². The summed E-state index contributed by atoms with van der Waals surface area (Å²) in [6.07, 6.45) is 4.06. The van der Waals surface area contributed by atoms with Crippen LogP contribution in [0, 0.1) is 5.95 Å². The highest BCUT2D eigenvalue weighted by molar-refractivity contribution is 5.92. The fourth-order valence-electron chi connectivity index (χ4n) is 2.01. The molecule has 86 valence electrons. The molecule has 1 N–H and O–H groups in total. The minimum atomic E-state index is -0.619. The summed E-state index contributed by atoms with van der Waals surface area (Å²) in [5, 5.41) is 2.95. The first-order valence-corrected chi connectivity index (χ1v) is 5.60. The topological polar surface area (TPSA) is 42.0 Å². The van der Waals surface area contributed by atoms with Gasteiger partial charge in [-0.2, -0.15) is 4.39 Å². The summed E-state index contributed by atoms with van der Waals surface area (Å²) >= 11 is 0. The van der Waals surface area contributed by atoms with Gasteiger partial charge in [0, 0.05) is 5.54 Å². The third-order valence-electron chi connectivity index (χ3n) is 3.31. The molecule has 4 heteroatoms. The lowest BCUT2D eigenvalue weighted by Crippen LogP contribution is -2.53. The van der Waals surface area contributed by atoms with Crippen LogP contribution in [0.2, 0.25) is 0 Å². The van der Waals surface area contributed by atoms with Crippen molar-refractivity contribution in [1.29, 1.82) is 0 Å². The van der Waals surface area contributed by atoms with E-state index in [1.165, 1.54) is 18.2 Å². The normalized spacial score (nSPS) is 17.6. The average Bonchev–Trinajstić information content (AvgIpc) is 2.23. The lowest BCUT2D eigenvalue weighted by Gasteiger charge is -2.41. The number of amides is 1. The number of carbonyl (C=O) groups is 1. The molecule has 0 aliphatic heterocycles. The van der Waals surface area contributed by atoms with Gasteiger partial charge in [0.15, 0.2) is 0 Å². The van der Waals surface area contributed by atoms with Crippen LogP contribution in [0.15, 0.2) is 18.2 Å². The van der Waals surface area contributed by atoms with Crippen molar-refractivity contribution in [3.8, 4) is 0 Å². The third kappa shape index (κ3) is 2.05. The molecule has 0 spiro atoms. The Balaban J connectivity index is 2.08. The largest absolute Gasteiger partial charge is 0.345 e. The van der Waals surface area contributed by atoms with E-state index in [4.69, 9.17) is 0 Å². The second-order valence-corrected chi connectivity index (χ2v) is 4.29. The number of nitrogens with zero attached hydrogens (tertiary/aromatic N) is 1. The number of halogens is 1. The monoisotopic (exact) mass is 222 g/mol. The zero-order valence-corrected chi connectivity index (χ0v) is 9.29. The number of aromatic nitrogens is 1. The number of rotatable bonds is 3. The van der Waals surface area contributed by atoms with E-state index < -0.39 is 5.95 Å². The Morgan fingerprint density at radius 2 is 2.31 bits per heavy atom. The molecule has 0 atom stereocenters. The van der Waals surface area contributed by atoms with Crippen LogP contribution in [0.25, 0.3) is 0 Å². The van der Waals surface area contributed by atoms with Crippen LogP contribution in [0.4, 0.5) is 4.39 Å². The SMILES string of the molecule is CCC1(NC(=O)c2cccc(F)n2)CCC1. The third-order valence-corrected chi connectivity index (χ3v) is 3.31. The summed E-state index contributed by atoms with van der Waals surface area (Å²) in [6, 6.07) is 4.26. The summed E-state index contributed by atoms with van der Waals surface area (Å²) in [5.41, 5.74) is 0.0742. The molecule has 0 aromatic carbocycles. The highest BCUT2D eigenvalue weighted by Gasteiger charge is 2.36. The van der Waals surface area contributed by atoms with E-state index >= 15 is 0 Å². The second kappa shape index (κ2) is 4.20. The molecule has 0 bridgehead atoms. The first-order chi connectivity index (χ1) is 7.65. The van der Waals surface area contributed by atoms with Crippen LogP contribution in [0.3, 0.4) is 0 Å². The minimum absolute atomic E-state index is 0.0783. The molecule has 2 rings (SSSR count). The maximum absolute atomic E-state index is 12.8. The summed E-state index contributed by atoms with van der Waals surface area (Å²) in [7, 11) is 0. The van der Waals surface area contributed by atoms with Gasteiger partial charge in [-0.05, 0) is 37.8 Å². The van der Waals surface area contributed by atoms with Crippen molar-refractivity contribution in [3.63, 3.8) is 0 Å². The minimum Gasteiger partial charge on any atom is -0.345 e. The highest BCUT2D eigenvalue weighted by atomic mass is 19.1. The molecule has 3 nitrogen and oxygen atoms in total. The summed E-state index contributed by atoms with van der Waals surface area (Å²) in [5.74, 6) is -0.896. The highest BCUT2D eigenvalue weighted by Crippen LogP contribution is 2.34. The molecule has 1 aliphatic carbocycles. The Hall–Kier alpha value is -1.45. The fraction of sp³-hybridized carbons (Fsp3) is 0.500. The van der Waals surface area contributed by atoms with Crippen LogP contribution < -0.4 is 5.32 Å². The van der Waals surface area contributed by atoms with Crippen LogP contribution in [-0.2, 0) is 0 Å². The maximum atomic E-state index is 12.8. The molecule has 1 fully saturated rings. The van der Waals surface area contributed by atoms with Gasteiger partial charge in [0.25, 0.3) is 5.91 Å². The summed E-state index contributed by atoms with van der Waals surface area (Å²) in [6.45, 7) is 2.05. The van der Waals surface area contributed by atoms with Crippen molar-refractivity contribution in [3.05, 3.63) is 29.8 Å². The van der Waals surface area contributed by atoms with E-state index in [1.807, 2.05) is 0 Å². The van der Waals surface area contributed by atoms with Gasteiger partial charge in [-0.1, -0.05) is 13.0 Å². The van der Waals surface area contributed by atoms with Crippen molar-refractivity contribution >= 4 is 5.91 Å². The van der Waals surface area contributed by atoms with Crippen LogP contribution in [-0.4, -0.2) is 16.4 Å². The van der Waals surface area contributed by atoms with Gasteiger partial charge >= 0.3 is 0 Å². The number of carbonyl (C=O) groups excluding carboxylic acids is 1. The van der Waals surface area contributed by atoms with Crippen molar-refractivity contribution in [2.45, 2.75) is 38.1 Å². The average molecular weight is 222 g/mol. The molecule has 0 radical (unpaired) electrons. The lowest BCUT2D eigenvalue weighted by atomic mass is 9.75. The van der Waals surface area contributed by atoms with E-state index in [1.54, 1.807) is 0 Å². The van der Waals surface area contributed by atoms with Gasteiger partial charge in [-0.25, -0.2) is 4.98 Å². The number of nitrogens with one attached hydrogen (secondary N) is 1. The molecular weight excluding hydrogens is 207 g/mol. The van der Waals surface area contributed by atoms with Gasteiger partial charge in [0.2, 0.25) is 5.95 Å². The first-order valence-electron chi connectivity index (χ1n) is 5.60. The fourth-order valence-corrected chi connectivity index (χ4v) is 2.01. The molecule has 1 saturated carbocycles. The standard InChI is InChI=1S/C12H15FN2O/c1-2-12(7-4-8-12)15-11(16)9-5-3-6-10(13)14-9/h3,5-6H,2,4,7-8H2,1H3,(H,15,16). The number of hydrogen-bond donors (Lipinski definition) is 1. The number of pyridine rings is 1. The van der Waals surface area contributed by atoms with E-state index in [9.17, 15) is 9.18 Å². The van der Waals surface area contributed by atoms with Gasteiger partial charge in [0.05, 0.1) is 0 Å². The lowest BCUT2D eigenvalue weighted by molar-refractivity contribution is 0.0814. The first kappa shape index (κ1) is 11.0. The van der Waals surface area contributed by atoms with Crippen LogP contribution in [0.1, 0.15) is 43.1 Å². The van der Waals surface area contributed by atoms with E-state index in [-0.39, 0.29) is 17.1 Å². The molecule has 1 aliphatic rings. The van der Waals surface area contributed by atoms with E-state index in [0.717, 1.165) is 25.7 Å². The van der Waals surface area contributed by atoms with Crippen LogP contribution >= 0.6 is 0 Å². The van der Waals surface area contributed by atoms with Crippen molar-refractivity contribution < 1.29 is 9.18 Å². The maximum Gasteiger partial charge on any atom is 0.270 e. The predicted molar refractivity (Wildman–Crippen MR) is 58.5 cm³/mol. The van der Waals surface area contributed by atoms with Gasteiger partial charge in [0.1, 0.15) is 5.69 Å². The van der Waals surface area contributed by atoms with Crippen molar-refractivity contribution in [2.24, 2.45) is 0 Å². The zero-order chi connectivity index (χ0) is 11.6. The molecular formula is C12H15FN2O. The Morgan fingerprint density at radius 3 is 2.81 bits per heavy atom. The Labute approximate surface area is 94.1 Å². The Bertz CT molecular complexity index is 396. The molecule has 1 aromatic heterocycles.